The first kappa shape index (κ1) is 7.56. The van der Waals surface area contributed by atoms with Crippen molar-refractivity contribution in [2.24, 2.45) is 0 Å². The molecule has 0 aliphatic heterocycles. The van der Waals surface area contributed by atoms with Crippen molar-refractivity contribution in [3.05, 3.63) is 16.1 Å². The molecule has 1 aromatic heterocycles. The molecule has 0 saturated heterocycles. The van der Waals surface area contributed by atoms with E-state index in [1.165, 1.54) is 0 Å². The fourth-order valence-electron chi connectivity index (χ4n) is 0.478. The van der Waals surface area contributed by atoms with E-state index < -0.39 is 5.97 Å². The third kappa shape index (κ3) is 1.48. The van der Waals surface area contributed by atoms with Gasteiger partial charge < -0.3 is 5.11 Å². The molecule has 0 bridgehead atoms. The molecule has 0 fully saturated rings. The molecule has 0 unspecified atom stereocenters. The van der Waals surface area contributed by atoms with Crippen molar-refractivity contribution in [3.8, 4) is 0 Å². The number of rotatable bonds is 2. The highest BCUT2D eigenvalue weighted by Crippen LogP contribution is 2.10. The van der Waals surface area contributed by atoms with Crippen LogP contribution in [0.15, 0.2) is 5.38 Å². The zero-order valence-corrected chi connectivity index (χ0v) is 6.65. The molecule has 0 radical (unpaired) electrons. The highest BCUT2D eigenvalue weighted by molar-refractivity contribution is 7.79. The Morgan fingerprint density at radius 2 is 2.60 bits per heavy atom. The van der Waals surface area contributed by atoms with Crippen molar-refractivity contribution >= 4 is 29.9 Å². The van der Waals surface area contributed by atoms with Gasteiger partial charge in [-0.25, -0.2) is 9.78 Å². The SMILES string of the molecule is O=C(O)c1nc(CS)cs1. The number of carboxylic acids is 1. The Morgan fingerprint density at radius 3 is 2.90 bits per heavy atom. The van der Waals surface area contributed by atoms with Crippen molar-refractivity contribution in [1.29, 1.82) is 0 Å². The van der Waals surface area contributed by atoms with Gasteiger partial charge in [-0.15, -0.1) is 11.3 Å². The predicted octanol–water partition coefficient (Wildman–Crippen LogP) is 1.27. The van der Waals surface area contributed by atoms with Gasteiger partial charge in [0.15, 0.2) is 0 Å². The van der Waals surface area contributed by atoms with E-state index in [0.29, 0.717) is 11.4 Å². The van der Waals surface area contributed by atoms with E-state index >= 15 is 0 Å². The third-order valence-electron chi connectivity index (χ3n) is 0.897. The molecular formula is C5H5NO2S2. The summed E-state index contributed by atoms with van der Waals surface area (Å²) in [6.45, 7) is 0. The normalized spacial score (nSPS) is 9.70. The summed E-state index contributed by atoms with van der Waals surface area (Å²) in [5, 5.41) is 10.2. The average molecular weight is 175 g/mol. The van der Waals surface area contributed by atoms with Gasteiger partial charge in [0.25, 0.3) is 0 Å². The lowest BCUT2D eigenvalue weighted by atomic mass is 10.6. The number of thiol groups is 1. The summed E-state index contributed by atoms with van der Waals surface area (Å²) in [5.74, 6) is -0.484. The maximum absolute atomic E-state index is 10.3. The van der Waals surface area contributed by atoms with Crippen LogP contribution in [0.4, 0.5) is 0 Å². The van der Waals surface area contributed by atoms with Crippen LogP contribution in [0.3, 0.4) is 0 Å². The molecular weight excluding hydrogens is 170 g/mol. The molecule has 0 amide bonds. The number of aromatic nitrogens is 1. The van der Waals surface area contributed by atoms with Gasteiger partial charge in [-0.2, -0.15) is 12.6 Å². The number of aromatic carboxylic acids is 1. The van der Waals surface area contributed by atoms with Crippen molar-refractivity contribution in [3.63, 3.8) is 0 Å². The molecule has 0 aromatic carbocycles. The van der Waals surface area contributed by atoms with Crippen LogP contribution in [0.25, 0.3) is 0 Å². The second-order valence-corrected chi connectivity index (χ2v) is 2.78. The predicted molar refractivity (Wildman–Crippen MR) is 41.8 cm³/mol. The van der Waals surface area contributed by atoms with E-state index in [4.69, 9.17) is 5.11 Å². The number of carboxylic acid groups (broad SMARTS) is 1. The summed E-state index contributed by atoms with van der Waals surface area (Å²) < 4.78 is 0. The van der Waals surface area contributed by atoms with Gasteiger partial charge in [-0.3, -0.25) is 0 Å². The van der Waals surface area contributed by atoms with Crippen LogP contribution < -0.4 is 0 Å². The van der Waals surface area contributed by atoms with Crippen LogP contribution in [-0.4, -0.2) is 16.1 Å². The molecule has 1 aromatic rings. The molecule has 0 spiro atoms. The Balaban J connectivity index is 2.88. The number of hydrogen-bond acceptors (Lipinski definition) is 4. The third-order valence-corrected chi connectivity index (χ3v) is 2.10. The van der Waals surface area contributed by atoms with Gasteiger partial charge in [-0.1, -0.05) is 0 Å². The van der Waals surface area contributed by atoms with Gasteiger partial charge in [0.1, 0.15) is 0 Å². The molecule has 54 valence electrons. The Hall–Kier alpha value is -0.550. The summed E-state index contributed by atoms with van der Waals surface area (Å²) >= 11 is 5.07. The number of hydrogen-bond donors (Lipinski definition) is 2. The van der Waals surface area contributed by atoms with Crippen molar-refractivity contribution in [2.75, 3.05) is 0 Å². The van der Waals surface area contributed by atoms with Crippen LogP contribution in [0.1, 0.15) is 15.5 Å². The van der Waals surface area contributed by atoms with Crippen LogP contribution in [0.5, 0.6) is 0 Å². The summed E-state index contributed by atoms with van der Waals surface area (Å²) in [6.07, 6.45) is 0. The van der Waals surface area contributed by atoms with Gasteiger partial charge in [0.2, 0.25) is 5.01 Å². The van der Waals surface area contributed by atoms with E-state index in [0.717, 1.165) is 11.3 Å². The summed E-state index contributed by atoms with van der Waals surface area (Å²) in [4.78, 5) is 14.0. The topological polar surface area (TPSA) is 50.2 Å². The minimum atomic E-state index is -0.974. The summed E-state index contributed by atoms with van der Waals surface area (Å²) in [6, 6.07) is 0. The molecule has 3 nitrogen and oxygen atoms in total. The smallest absolute Gasteiger partial charge is 0.365 e. The van der Waals surface area contributed by atoms with E-state index in [1.54, 1.807) is 5.38 Å². The minimum Gasteiger partial charge on any atom is -0.476 e. The molecule has 0 saturated carbocycles. The average Bonchev–Trinajstić information content (AvgIpc) is 2.34. The highest BCUT2D eigenvalue weighted by Gasteiger charge is 2.06. The lowest BCUT2D eigenvalue weighted by molar-refractivity contribution is 0.0696. The maximum atomic E-state index is 10.3. The van der Waals surface area contributed by atoms with Crippen LogP contribution in [0.2, 0.25) is 0 Å². The van der Waals surface area contributed by atoms with Gasteiger partial charge in [0, 0.05) is 11.1 Å². The van der Waals surface area contributed by atoms with E-state index in [-0.39, 0.29) is 5.01 Å². The lowest BCUT2D eigenvalue weighted by Gasteiger charge is -1.82. The molecule has 10 heavy (non-hydrogen) atoms. The molecule has 1 rings (SSSR count). The van der Waals surface area contributed by atoms with Crippen LogP contribution >= 0.6 is 24.0 Å². The monoisotopic (exact) mass is 175 g/mol. The van der Waals surface area contributed by atoms with Crippen molar-refractivity contribution < 1.29 is 9.90 Å². The second kappa shape index (κ2) is 3.03. The van der Waals surface area contributed by atoms with E-state index in [9.17, 15) is 4.79 Å². The molecule has 0 atom stereocenters. The number of carbonyl (C=O) groups is 1. The lowest BCUT2D eigenvalue weighted by Crippen LogP contribution is -1.94. The largest absolute Gasteiger partial charge is 0.476 e. The molecule has 5 heteroatoms. The molecule has 0 aliphatic carbocycles. The van der Waals surface area contributed by atoms with E-state index in [1.807, 2.05) is 0 Å². The Labute approximate surface area is 67.1 Å². The van der Waals surface area contributed by atoms with Crippen LogP contribution in [0, 0.1) is 0 Å². The molecule has 1 heterocycles. The first-order valence-corrected chi connectivity index (χ1v) is 4.04. The zero-order valence-electron chi connectivity index (χ0n) is 4.94. The maximum Gasteiger partial charge on any atom is 0.365 e. The Morgan fingerprint density at radius 1 is 1.90 bits per heavy atom. The van der Waals surface area contributed by atoms with Crippen molar-refractivity contribution in [2.45, 2.75) is 5.75 Å². The minimum absolute atomic E-state index is 0.129. The quantitative estimate of drug-likeness (QED) is 0.665. The van der Waals surface area contributed by atoms with Gasteiger partial charge in [-0.05, 0) is 0 Å². The first-order valence-electron chi connectivity index (χ1n) is 2.52. The fraction of sp³-hybridized carbons (Fsp3) is 0.200. The van der Waals surface area contributed by atoms with Crippen LogP contribution in [-0.2, 0) is 5.75 Å². The Bertz CT molecular complexity index is 246. The highest BCUT2D eigenvalue weighted by atomic mass is 32.1. The molecule has 1 N–H and O–H groups in total. The fourth-order valence-corrected chi connectivity index (χ4v) is 1.42. The second-order valence-electron chi connectivity index (χ2n) is 1.61. The summed E-state index contributed by atoms with van der Waals surface area (Å²) in [7, 11) is 0. The zero-order chi connectivity index (χ0) is 7.56. The Kier molecular flexibility index (Phi) is 2.29. The number of thiazole rings is 1. The first-order chi connectivity index (χ1) is 4.74. The number of nitrogens with zero attached hydrogens (tertiary/aromatic N) is 1. The summed E-state index contributed by atoms with van der Waals surface area (Å²) in [5.41, 5.74) is 0.714. The standard InChI is InChI=1S/C5H5NO2S2/c7-5(8)4-6-3(1-9)2-10-4/h2,9H,1H2,(H,7,8). The molecule has 0 aliphatic rings. The van der Waals surface area contributed by atoms with E-state index in [2.05, 4.69) is 17.6 Å². The van der Waals surface area contributed by atoms with Crippen molar-refractivity contribution in [1.82, 2.24) is 4.98 Å². The van der Waals surface area contributed by atoms with Gasteiger partial charge >= 0.3 is 5.97 Å². The van der Waals surface area contributed by atoms with Gasteiger partial charge in [0.05, 0.1) is 5.69 Å².